The Hall–Kier alpha value is -1.62. The molecule has 0 aromatic carbocycles. The fourth-order valence-electron chi connectivity index (χ4n) is 6.00. The first kappa shape index (κ1) is 18.7. The second-order valence-corrected chi connectivity index (χ2v) is 8.80. The van der Waals surface area contributed by atoms with Crippen LogP contribution >= 0.6 is 0 Å². The molecule has 4 rings (SSSR count). The molecule has 2 bridgehead atoms. The lowest BCUT2D eigenvalue weighted by Gasteiger charge is -2.57. The van der Waals surface area contributed by atoms with E-state index in [2.05, 4.69) is 16.7 Å². The summed E-state index contributed by atoms with van der Waals surface area (Å²) >= 11 is 0. The molecule has 3 saturated heterocycles. The summed E-state index contributed by atoms with van der Waals surface area (Å²) in [6.45, 7) is 8.75. The number of fused-ring (bicyclic) bond motifs is 4. The van der Waals surface area contributed by atoms with Gasteiger partial charge < -0.3 is 9.32 Å². The first-order valence-electron chi connectivity index (χ1n) is 10.7. The summed E-state index contributed by atoms with van der Waals surface area (Å²) in [6, 6.07) is 2.69. The zero-order valence-electron chi connectivity index (χ0n) is 16.9. The van der Waals surface area contributed by atoms with Crippen molar-refractivity contribution in [3.05, 3.63) is 33.4 Å². The van der Waals surface area contributed by atoms with Crippen molar-refractivity contribution in [2.75, 3.05) is 19.6 Å². The maximum absolute atomic E-state index is 13.4. The molecule has 4 heterocycles. The van der Waals surface area contributed by atoms with E-state index < -0.39 is 0 Å². The normalized spacial score (nSPS) is 30.9. The third-order valence-corrected chi connectivity index (χ3v) is 7.04. The van der Waals surface area contributed by atoms with Crippen LogP contribution in [0.15, 0.2) is 15.3 Å². The van der Waals surface area contributed by atoms with Crippen LogP contribution in [0.1, 0.15) is 67.1 Å². The van der Waals surface area contributed by atoms with Crippen molar-refractivity contribution in [2.45, 2.75) is 71.4 Å². The summed E-state index contributed by atoms with van der Waals surface area (Å²) in [4.78, 5) is 29.8. The summed E-state index contributed by atoms with van der Waals surface area (Å²) in [5.41, 5.74) is 0.939. The average molecular weight is 373 g/mol. The molecule has 0 saturated carbocycles. The van der Waals surface area contributed by atoms with Crippen molar-refractivity contribution in [2.24, 2.45) is 11.8 Å². The van der Waals surface area contributed by atoms with Crippen LogP contribution in [0, 0.1) is 25.7 Å². The van der Waals surface area contributed by atoms with Gasteiger partial charge in [0.05, 0.1) is 5.56 Å². The fourth-order valence-corrected chi connectivity index (χ4v) is 6.00. The van der Waals surface area contributed by atoms with Crippen LogP contribution in [-0.2, 0) is 0 Å². The largest absolute Gasteiger partial charge is 0.427 e. The number of aryl methyl sites for hydroxylation is 2. The summed E-state index contributed by atoms with van der Waals surface area (Å²) < 4.78 is 5.23. The Balaban J connectivity index is 1.61. The van der Waals surface area contributed by atoms with Crippen molar-refractivity contribution in [3.8, 4) is 0 Å². The van der Waals surface area contributed by atoms with E-state index in [1.807, 2.05) is 6.92 Å². The molecule has 4 atom stereocenters. The summed E-state index contributed by atoms with van der Waals surface area (Å²) in [5.74, 6) is 1.64. The van der Waals surface area contributed by atoms with Crippen LogP contribution in [0.25, 0.3) is 0 Å². The second-order valence-electron chi connectivity index (χ2n) is 8.80. The van der Waals surface area contributed by atoms with Gasteiger partial charge in [0.1, 0.15) is 5.76 Å². The van der Waals surface area contributed by atoms with E-state index in [9.17, 15) is 9.59 Å². The average Bonchev–Trinajstić information content (AvgIpc) is 2.64. The number of hydrogen-bond donors (Lipinski definition) is 0. The maximum atomic E-state index is 13.4. The maximum Gasteiger partial charge on any atom is 0.336 e. The van der Waals surface area contributed by atoms with Gasteiger partial charge in [0, 0.05) is 31.2 Å². The highest BCUT2D eigenvalue weighted by atomic mass is 16.4. The molecule has 148 valence electrons. The standard InChI is InChI=1S/C22H32N2O3/c1-4-7-18-16-11-17(19-8-5-6-9-24(18)19)13-23(12-16)22(26)21-14(2)10-20(25)27-15(21)3/h10,16-19H,4-9,11-13H2,1-3H3/t16-,17+,18-,19-/m0/s1. The topological polar surface area (TPSA) is 53.8 Å². The van der Waals surface area contributed by atoms with Gasteiger partial charge in [-0.05, 0) is 63.5 Å². The zero-order valence-corrected chi connectivity index (χ0v) is 16.9. The molecule has 3 fully saturated rings. The Morgan fingerprint density at radius 3 is 2.74 bits per heavy atom. The van der Waals surface area contributed by atoms with Gasteiger partial charge in [-0.3, -0.25) is 9.69 Å². The molecular formula is C22H32N2O3. The van der Waals surface area contributed by atoms with E-state index >= 15 is 0 Å². The molecule has 3 aliphatic rings. The third-order valence-electron chi connectivity index (χ3n) is 7.04. The number of rotatable bonds is 3. The van der Waals surface area contributed by atoms with Gasteiger partial charge in [0.2, 0.25) is 0 Å². The number of carbonyl (C=O) groups is 1. The van der Waals surface area contributed by atoms with E-state index in [-0.39, 0.29) is 11.5 Å². The first-order chi connectivity index (χ1) is 13.0. The van der Waals surface area contributed by atoms with Crippen LogP contribution in [0.2, 0.25) is 0 Å². The van der Waals surface area contributed by atoms with Crippen molar-refractivity contribution in [3.63, 3.8) is 0 Å². The number of piperidine rings is 3. The van der Waals surface area contributed by atoms with E-state index in [1.165, 1.54) is 51.1 Å². The van der Waals surface area contributed by atoms with Crippen LogP contribution < -0.4 is 5.63 Å². The highest BCUT2D eigenvalue weighted by molar-refractivity contribution is 5.96. The Bertz CT molecular complexity index is 745. The number of carbonyl (C=O) groups excluding carboxylic acids is 1. The number of likely N-dealkylation sites (tertiary alicyclic amines) is 1. The van der Waals surface area contributed by atoms with Gasteiger partial charge in [0.25, 0.3) is 5.91 Å². The molecule has 0 aliphatic carbocycles. The minimum atomic E-state index is -0.377. The number of hydrogen-bond acceptors (Lipinski definition) is 4. The Kier molecular flexibility index (Phi) is 5.15. The molecule has 5 nitrogen and oxygen atoms in total. The van der Waals surface area contributed by atoms with Crippen molar-refractivity contribution < 1.29 is 9.21 Å². The van der Waals surface area contributed by atoms with E-state index in [0.29, 0.717) is 35.2 Å². The lowest BCUT2D eigenvalue weighted by atomic mass is 9.71. The number of amides is 1. The SMILES string of the molecule is CCC[C@H]1[C@H]2C[C@H](CN(C(=O)c3c(C)cc(=O)oc3C)C2)[C@@H]2CCCCN21. The highest BCUT2D eigenvalue weighted by Gasteiger charge is 2.47. The first-order valence-corrected chi connectivity index (χ1v) is 10.7. The smallest absolute Gasteiger partial charge is 0.336 e. The predicted molar refractivity (Wildman–Crippen MR) is 105 cm³/mol. The molecule has 1 aromatic heterocycles. The molecule has 0 spiro atoms. The quantitative estimate of drug-likeness (QED) is 0.816. The third kappa shape index (κ3) is 3.35. The Labute approximate surface area is 161 Å². The van der Waals surface area contributed by atoms with Crippen molar-refractivity contribution in [1.29, 1.82) is 0 Å². The Morgan fingerprint density at radius 2 is 2.00 bits per heavy atom. The summed E-state index contributed by atoms with van der Waals surface area (Å²) in [7, 11) is 0. The van der Waals surface area contributed by atoms with Gasteiger partial charge in [0.15, 0.2) is 0 Å². The molecule has 5 heteroatoms. The highest BCUT2D eigenvalue weighted by Crippen LogP contribution is 2.42. The molecule has 0 N–H and O–H groups in total. The number of nitrogens with zero attached hydrogens (tertiary/aromatic N) is 2. The molecule has 0 radical (unpaired) electrons. The van der Waals surface area contributed by atoms with Gasteiger partial charge in [-0.25, -0.2) is 4.79 Å². The van der Waals surface area contributed by atoms with Gasteiger partial charge in [-0.15, -0.1) is 0 Å². The van der Waals surface area contributed by atoms with Crippen LogP contribution in [0.4, 0.5) is 0 Å². The van der Waals surface area contributed by atoms with Crippen LogP contribution in [0.3, 0.4) is 0 Å². The van der Waals surface area contributed by atoms with Crippen LogP contribution in [0.5, 0.6) is 0 Å². The summed E-state index contributed by atoms with van der Waals surface area (Å²) in [5, 5.41) is 0. The Morgan fingerprint density at radius 1 is 1.22 bits per heavy atom. The van der Waals surface area contributed by atoms with Gasteiger partial charge in [-0.1, -0.05) is 19.8 Å². The second kappa shape index (κ2) is 7.42. The van der Waals surface area contributed by atoms with Gasteiger partial charge in [-0.2, -0.15) is 0 Å². The van der Waals surface area contributed by atoms with Gasteiger partial charge >= 0.3 is 5.63 Å². The molecular weight excluding hydrogens is 340 g/mol. The van der Waals surface area contributed by atoms with Crippen molar-refractivity contribution in [1.82, 2.24) is 9.80 Å². The minimum absolute atomic E-state index is 0.0444. The zero-order chi connectivity index (χ0) is 19.1. The lowest BCUT2D eigenvalue weighted by molar-refractivity contribution is -0.0671. The van der Waals surface area contributed by atoms with E-state index in [0.717, 1.165) is 18.7 Å². The molecule has 3 aliphatic heterocycles. The summed E-state index contributed by atoms with van der Waals surface area (Å²) in [6.07, 6.45) is 7.60. The van der Waals surface area contributed by atoms with E-state index in [1.54, 1.807) is 6.92 Å². The monoisotopic (exact) mass is 372 g/mol. The van der Waals surface area contributed by atoms with E-state index in [4.69, 9.17) is 4.42 Å². The molecule has 1 amide bonds. The van der Waals surface area contributed by atoms with Crippen LogP contribution in [-0.4, -0.2) is 47.4 Å². The fraction of sp³-hybridized carbons (Fsp3) is 0.727. The van der Waals surface area contributed by atoms with Crippen molar-refractivity contribution >= 4 is 5.91 Å². The molecule has 1 aromatic rings. The predicted octanol–water partition coefficient (Wildman–Crippen LogP) is 3.37. The molecule has 27 heavy (non-hydrogen) atoms. The lowest BCUT2D eigenvalue weighted by Crippen LogP contribution is -2.64. The molecule has 0 unspecified atom stereocenters. The minimum Gasteiger partial charge on any atom is -0.427 e.